The van der Waals surface area contributed by atoms with Crippen molar-refractivity contribution < 1.29 is 9.52 Å². The predicted molar refractivity (Wildman–Crippen MR) is 97.1 cm³/mol. The summed E-state index contributed by atoms with van der Waals surface area (Å²) >= 11 is 0. The minimum absolute atomic E-state index is 0.284. The third kappa shape index (κ3) is 4.66. The Morgan fingerprint density at radius 2 is 2.00 bits per heavy atom. The highest BCUT2D eigenvalue weighted by atomic mass is 16.4. The lowest BCUT2D eigenvalue weighted by Gasteiger charge is -2.41. The zero-order chi connectivity index (χ0) is 17.8. The van der Waals surface area contributed by atoms with E-state index in [1.165, 1.54) is 5.56 Å². The number of aliphatic hydroxyl groups is 1. The molecule has 1 N–H and O–H groups in total. The molecule has 0 bridgehead atoms. The van der Waals surface area contributed by atoms with Crippen LogP contribution < -0.4 is 0 Å². The lowest BCUT2D eigenvalue weighted by atomic mass is 10.1. The van der Waals surface area contributed by atoms with Crippen molar-refractivity contribution in [1.82, 2.24) is 20.0 Å². The summed E-state index contributed by atoms with van der Waals surface area (Å²) in [6, 6.07) is 8.57. The Hall–Kier alpha value is -1.76. The van der Waals surface area contributed by atoms with Crippen LogP contribution in [0.4, 0.5) is 0 Å². The maximum Gasteiger partial charge on any atom is 0.247 e. The van der Waals surface area contributed by atoms with E-state index in [0.29, 0.717) is 24.4 Å². The van der Waals surface area contributed by atoms with E-state index >= 15 is 0 Å². The van der Waals surface area contributed by atoms with Crippen LogP contribution >= 0.6 is 0 Å². The molecule has 0 radical (unpaired) electrons. The van der Waals surface area contributed by atoms with Crippen LogP contribution in [0.3, 0.4) is 0 Å². The molecule has 0 aliphatic carbocycles. The van der Waals surface area contributed by atoms with Crippen molar-refractivity contribution in [3.8, 4) is 11.5 Å². The van der Waals surface area contributed by atoms with E-state index in [4.69, 9.17) is 4.42 Å². The Morgan fingerprint density at radius 1 is 1.24 bits per heavy atom. The molecule has 1 fully saturated rings. The summed E-state index contributed by atoms with van der Waals surface area (Å²) in [4.78, 5) is 4.74. The second-order valence-electron chi connectivity index (χ2n) is 7.01. The normalized spacial score (nSPS) is 20.7. The van der Waals surface area contributed by atoms with Gasteiger partial charge < -0.3 is 9.52 Å². The minimum atomic E-state index is -0.284. The lowest BCUT2D eigenvalue weighted by molar-refractivity contribution is 0.0309. The van der Waals surface area contributed by atoms with Gasteiger partial charge in [-0.05, 0) is 32.4 Å². The molecule has 1 aliphatic rings. The molecule has 0 spiro atoms. The Morgan fingerprint density at radius 3 is 2.68 bits per heavy atom. The number of β-amino-alcohol motifs (C(OH)–C–C–N with tert-alkyl or cyclic N) is 1. The molecule has 6 heteroatoms. The third-order valence-electron chi connectivity index (χ3n) is 4.78. The van der Waals surface area contributed by atoms with Gasteiger partial charge in [0.05, 0.1) is 12.6 Å². The molecule has 6 nitrogen and oxygen atoms in total. The van der Waals surface area contributed by atoms with Crippen molar-refractivity contribution in [3.05, 3.63) is 35.7 Å². The Kier molecular flexibility index (Phi) is 5.83. The molecule has 0 saturated carbocycles. The number of rotatable bonds is 6. The number of hydrogen-bond acceptors (Lipinski definition) is 6. The second-order valence-corrected chi connectivity index (χ2v) is 7.01. The van der Waals surface area contributed by atoms with E-state index < -0.39 is 0 Å². The maximum atomic E-state index is 9.66. The van der Waals surface area contributed by atoms with Crippen molar-refractivity contribution >= 4 is 0 Å². The quantitative estimate of drug-likeness (QED) is 0.867. The lowest BCUT2D eigenvalue weighted by Crippen LogP contribution is -2.54. The molecular weight excluding hydrogens is 316 g/mol. The number of hydrogen-bond donors (Lipinski definition) is 1. The van der Waals surface area contributed by atoms with Gasteiger partial charge in [-0.3, -0.25) is 9.80 Å². The van der Waals surface area contributed by atoms with Crippen LogP contribution in [0.15, 0.2) is 28.7 Å². The molecule has 2 atom stereocenters. The summed E-state index contributed by atoms with van der Waals surface area (Å²) in [6.07, 6.45) is 0.787. The summed E-state index contributed by atoms with van der Waals surface area (Å²) in [5, 5.41) is 18.1. The zero-order valence-corrected chi connectivity index (χ0v) is 15.4. The molecule has 1 aromatic carbocycles. The smallest absolute Gasteiger partial charge is 0.247 e. The average Bonchev–Trinajstić information content (AvgIpc) is 3.05. The first kappa shape index (κ1) is 18.0. The van der Waals surface area contributed by atoms with Crippen LogP contribution in [0.25, 0.3) is 11.5 Å². The maximum absolute atomic E-state index is 9.66. The summed E-state index contributed by atoms with van der Waals surface area (Å²) in [5.41, 5.74) is 2.17. The van der Waals surface area contributed by atoms with Crippen LogP contribution in [0.1, 0.15) is 31.7 Å². The van der Waals surface area contributed by atoms with Crippen molar-refractivity contribution in [2.75, 3.05) is 26.2 Å². The van der Waals surface area contributed by atoms with Gasteiger partial charge in [-0.1, -0.05) is 24.6 Å². The number of nitrogens with zero attached hydrogens (tertiary/aromatic N) is 4. The van der Waals surface area contributed by atoms with Crippen molar-refractivity contribution in [3.63, 3.8) is 0 Å². The monoisotopic (exact) mass is 344 g/mol. The first-order valence-electron chi connectivity index (χ1n) is 9.09. The molecule has 136 valence electrons. The third-order valence-corrected chi connectivity index (χ3v) is 4.78. The molecule has 2 heterocycles. The number of aryl methyl sites for hydroxylation is 1. The number of aliphatic hydroxyl groups excluding tert-OH is 1. The number of piperazine rings is 1. The summed E-state index contributed by atoms with van der Waals surface area (Å²) in [6.45, 7) is 10.4. The molecule has 1 saturated heterocycles. The predicted octanol–water partition coefficient (Wildman–Crippen LogP) is 2.32. The van der Waals surface area contributed by atoms with Gasteiger partial charge in [0, 0.05) is 37.8 Å². The van der Waals surface area contributed by atoms with E-state index in [-0.39, 0.29) is 6.10 Å². The van der Waals surface area contributed by atoms with E-state index in [0.717, 1.165) is 38.2 Å². The van der Waals surface area contributed by atoms with Crippen LogP contribution in [-0.4, -0.2) is 63.4 Å². The summed E-state index contributed by atoms with van der Waals surface area (Å²) in [5.74, 6) is 1.24. The first-order chi connectivity index (χ1) is 12.0. The van der Waals surface area contributed by atoms with Gasteiger partial charge in [-0.2, -0.15) is 0 Å². The van der Waals surface area contributed by atoms with Gasteiger partial charge in [0.15, 0.2) is 0 Å². The van der Waals surface area contributed by atoms with Crippen LogP contribution in [-0.2, 0) is 6.54 Å². The number of benzene rings is 1. The van der Waals surface area contributed by atoms with Gasteiger partial charge >= 0.3 is 0 Å². The second kappa shape index (κ2) is 8.08. The van der Waals surface area contributed by atoms with E-state index in [2.05, 4.69) is 33.8 Å². The van der Waals surface area contributed by atoms with Crippen LogP contribution in [0, 0.1) is 6.92 Å². The summed E-state index contributed by atoms with van der Waals surface area (Å²) in [7, 11) is 0. The molecule has 0 unspecified atom stereocenters. The first-order valence-corrected chi connectivity index (χ1v) is 9.09. The van der Waals surface area contributed by atoms with Gasteiger partial charge in [0.2, 0.25) is 11.8 Å². The highest BCUT2D eigenvalue weighted by molar-refractivity contribution is 5.52. The van der Waals surface area contributed by atoms with Crippen molar-refractivity contribution in [1.29, 1.82) is 0 Å². The van der Waals surface area contributed by atoms with E-state index in [1.54, 1.807) is 0 Å². The average molecular weight is 344 g/mol. The largest absolute Gasteiger partial charge is 0.419 e. The fourth-order valence-corrected chi connectivity index (χ4v) is 3.39. The molecular formula is C19H28N4O2. The van der Waals surface area contributed by atoms with E-state index in [9.17, 15) is 5.11 Å². The van der Waals surface area contributed by atoms with Crippen molar-refractivity contribution in [2.24, 2.45) is 0 Å². The van der Waals surface area contributed by atoms with Gasteiger partial charge in [0.1, 0.15) is 0 Å². The van der Waals surface area contributed by atoms with Crippen molar-refractivity contribution in [2.45, 2.75) is 45.9 Å². The minimum Gasteiger partial charge on any atom is -0.419 e. The Balaban J connectivity index is 1.61. The fourth-order valence-electron chi connectivity index (χ4n) is 3.39. The van der Waals surface area contributed by atoms with E-state index in [1.807, 2.05) is 31.2 Å². The zero-order valence-electron chi connectivity index (χ0n) is 15.4. The Bertz CT molecular complexity index is 668. The molecule has 3 rings (SSSR count). The molecule has 25 heavy (non-hydrogen) atoms. The topological polar surface area (TPSA) is 65.6 Å². The molecule has 2 aromatic rings. The number of aromatic nitrogens is 2. The highest BCUT2D eigenvalue weighted by Gasteiger charge is 2.27. The van der Waals surface area contributed by atoms with Gasteiger partial charge in [0.25, 0.3) is 0 Å². The SMILES string of the molecule is CC[C@@H]1CN(Cc2nnc(-c3ccc(C)cc3)o2)CCN1C[C@H](C)O. The fraction of sp³-hybridized carbons (Fsp3) is 0.579. The van der Waals surface area contributed by atoms with Crippen LogP contribution in [0.2, 0.25) is 0 Å². The highest BCUT2D eigenvalue weighted by Crippen LogP contribution is 2.20. The van der Waals surface area contributed by atoms with Gasteiger partial charge in [-0.25, -0.2) is 0 Å². The van der Waals surface area contributed by atoms with Gasteiger partial charge in [-0.15, -0.1) is 10.2 Å². The van der Waals surface area contributed by atoms with Crippen LogP contribution in [0.5, 0.6) is 0 Å². The standard InChI is InChI=1S/C19H28N4O2/c1-4-17-12-22(9-10-23(17)11-15(3)24)13-18-20-21-19(25-18)16-7-5-14(2)6-8-16/h5-8,15,17,24H,4,9-13H2,1-3H3/t15-,17+/m0/s1. The summed E-state index contributed by atoms with van der Waals surface area (Å²) < 4.78 is 5.86. The molecule has 1 aliphatic heterocycles. The Labute approximate surface area is 149 Å². The molecule has 1 aromatic heterocycles. The molecule has 0 amide bonds.